The predicted octanol–water partition coefficient (Wildman–Crippen LogP) is 3.53. The number of hydrogen-bond acceptors (Lipinski definition) is 4. The van der Waals surface area contributed by atoms with E-state index in [1.807, 2.05) is 6.92 Å². The number of pyridine rings is 1. The van der Waals surface area contributed by atoms with Gasteiger partial charge in [-0.3, -0.25) is 4.98 Å². The maximum atomic E-state index is 14.1. The van der Waals surface area contributed by atoms with Crippen LogP contribution in [0.5, 0.6) is 5.75 Å². The minimum Gasteiger partial charge on any atom is -0.421 e. The van der Waals surface area contributed by atoms with Gasteiger partial charge in [0.2, 0.25) is 0 Å². The van der Waals surface area contributed by atoms with E-state index >= 15 is 0 Å². The molecule has 0 saturated heterocycles. The van der Waals surface area contributed by atoms with Crippen LogP contribution in [0.1, 0.15) is 18.2 Å². The van der Waals surface area contributed by atoms with E-state index in [0.29, 0.717) is 17.7 Å². The molecule has 2 rings (SSSR count). The lowest BCUT2D eigenvalue weighted by Crippen LogP contribution is -2.13. The first kappa shape index (κ1) is 15.7. The van der Waals surface area contributed by atoms with Crippen molar-refractivity contribution in [3.05, 3.63) is 35.0 Å². The summed E-state index contributed by atoms with van der Waals surface area (Å²) < 4.78 is 37.2. The van der Waals surface area contributed by atoms with E-state index in [1.165, 1.54) is 6.07 Å². The molecular formula is C16H13F2NO3. The highest BCUT2D eigenvalue weighted by Gasteiger charge is 2.21. The maximum Gasteiger partial charge on any atom is 0.514 e. The second-order valence-corrected chi connectivity index (χ2v) is 4.47. The molecule has 0 aliphatic rings. The molecule has 1 aromatic carbocycles. The van der Waals surface area contributed by atoms with Crippen molar-refractivity contribution in [3.63, 3.8) is 0 Å². The third-order valence-corrected chi connectivity index (χ3v) is 3.12. The Bertz CT molecular complexity index is 781. The molecule has 4 nitrogen and oxygen atoms in total. The molecule has 0 radical (unpaired) electrons. The van der Waals surface area contributed by atoms with Crippen LogP contribution in [0.2, 0.25) is 0 Å². The number of benzene rings is 1. The number of aromatic nitrogens is 1. The van der Waals surface area contributed by atoms with Gasteiger partial charge in [-0.1, -0.05) is 12.8 Å². The number of fused-ring (bicyclic) bond motifs is 1. The molecule has 1 heterocycles. The SMILES string of the molecule is C#CCOC(=O)Oc1c(C)c(CC)nc2ccc(F)c(F)c12. The van der Waals surface area contributed by atoms with Crippen LogP contribution in [0.3, 0.4) is 0 Å². The zero-order valence-electron chi connectivity index (χ0n) is 12.1. The summed E-state index contributed by atoms with van der Waals surface area (Å²) in [7, 11) is 0. The average molecular weight is 305 g/mol. The molecule has 2 aromatic rings. The van der Waals surface area contributed by atoms with E-state index in [-0.39, 0.29) is 23.3 Å². The van der Waals surface area contributed by atoms with Gasteiger partial charge in [0.1, 0.15) is 0 Å². The summed E-state index contributed by atoms with van der Waals surface area (Å²) in [6.07, 6.45) is 4.43. The number of hydrogen-bond donors (Lipinski definition) is 0. The highest BCUT2D eigenvalue weighted by Crippen LogP contribution is 2.33. The summed E-state index contributed by atoms with van der Waals surface area (Å²) in [6, 6.07) is 2.30. The van der Waals surface area contributed by atoms with Gasteiger partial charge >= 0.3 is 6.16 Å². The number of halogens is 2. The molecule has 0 aliphatic carbocycles. The number of nitrogens with zero attached hydrogens (tertiary/aromatic N) is 1. The van der Waals surface area contributed by atoms with Crippen molar-refractivity contribution in [1.29, 1.82) is 0 Å². The normalized spacial score (nSPS) is 10.3. The molecule has 0 spiro atoms. The Morgan fingerprint density at radius 3 is 2.77 bits per heavy atom. The van der Waals surface area contributed by atoms with Crippen molar-refractivity contribution in [1.82, 2.24) is 4.98 Å². The number of carbonyl (C=O) groups excluding carboxylic acids is 1. The van der Waals surface area contributed by atoms with E-state index in [9.17, 15) is 13.6 Å². The summed E-state index contributed by atoms with van der Waals surface area (Å²) in [5, 5.41) is -0.202. The maximum absolute atomic E-state index is 14.1. The molecule has 0 aliphatic heterocycles. The zero-order valence-corrected chi connectivity index (χ0v) is 12.1. The van der Waals surface area contributed by atoms with Crippen LogP contribution >= 0.6 is 0 Å². The number of terminal acetylenes is 1. The Morgan fingerprint density at radius 2 is 2.14 bits per heavy atom. The van der Waals surface area contributed by atoms with E-state index in [4.69, 9.17) is 11.2 Å². The van der Waals surface area contributed by atoms with Crippen LogP contribution in [0, 0.1) is 30.9 Å². The van der Waals surface area contributed by atoms with Crippen molar-refractivity contribution in [2.75, 3.05) is 6.61 Å². The van der Waals surface area contributed by atoms with Crippen LogP contribution in [-0.4, -0.2) is 17.7 Å². The zero-order chi connectivity index (χ0) is 16.3. The topological polar surface area (TPSA) is 48.4 Å². The predicted molar refractivity (Wildman–Crippen MR) is 76.6 cm³/mol. The third kappa shape index (κ3) is 2.84. The molecule has 0 fully saturated rings. The molecule has 0 saturated carbocycles. The van der Waals surface area contributed by atoms with E-state index in [0.717, 1.165) is 6.07 Å². The fourth-order valence-corrected chi connectivity index (χ4v) is 2.08. The van der Waals surface area contributed by atoms with Gasteiger partial charge in [-0.25, -0.2) is 13.6 Å². The van der Waals surface area contributed by atoms with Crippen LogP contribution in [0.4, 0.5) is 13.6 Å². The van der Waals surface area contributed by atoms with Gasteiger partial charge < -0.3 is 9.47 Å². The highest BCUT2D eigenvalue weighted by atomic mass is 19.2. The van der Waals surface area contributed by atoms with Crippen LogP contribution in [-0.2, 0) is 11.2 Å². The van der Waals surface area contributed by atoms with Gasteiger partial charge in [0.15, 0.2) is 24.0 Å². The molecule has 22 heavy (non-hydrogen) atoms. The van der Waals surface area contributed by atoms with Gasteiger partial charge in [-0.2, -0.15) is 0 Å². The third-order valence-electron chi connectivity index (χ3n) is 3.12. The van der Waals surface area contributed by atoms with Gasteiger partial charge in [-0.05, 0) is 25.5 Å². The molecule has 114 valence electrons. The molecule has 0 bridgehead atoms. The monoisotopic (exact) mass is 305 g/mol. The molecule has 1 aromatic heterocycles. The minimum absolute atomic E-state index is 0.110. The van der Waals surface area contributed by atoms with Crippen LogP contribution in [0.15, 0.2) is 12.1 Å². The lowest BCUT2D eigenvalue weighted by atomic mass is 10.1. The number of ether oxygens (including phenoxy) is 2. The lowest BCUT2D eigenvalue weighted by molar-refractivity contribution is 0.111. The van der Waals surface area contributed by atoms with Crippen molar-refractivity contribution in [3.8, 4) is 18.1 Å². The first-order valence-electron chi connectivity index (χ1n) is 6.54. The molecule has 6 heteroatoms. The Balaban J connectivity index is 2.63. The Kier molecular flexibility index (Phi) is 4.56. The fourth-order valence-electron chi connectivity index (χ4n) is 2.08. The Hall–Kier alpha value is -2.68. The summed E-state index contributed by atoms with van der Waals surface area (Å²) in [6.45, 7) is 3.18. The summed E-state index contributed by atoms with van der Waals surface area (Å²) in [4.78, 5) is 15.8. The fraction of sp³-hybridized carbons (Fsp3) is 0.250. The molecular weight excluding hydrogens is 292 g/mol. The quantitative estimate of drug-likeness (QED) is 0.643. The first-order valence-corrected chi connectivity index (χ1v) is 6.54. The second kappa shape index (κ2) is 6.39. The number of carbonyl (C=O) groups is 1. The highest BCUT2D eigenvalue weighted by molar-refractivity contribution is 5.89. The standard InChI is InChI=1S/C16H13F2NO3/c1-4-8-21-16(20)22-15-9(3)11(5-2)19-12-7-6-10(17)14(18)13(12)15/h1,6-7H,5,8H2,2-3H3. The first-order chi connectivity index (χ1) is 10.5. The summed E-state index contributed by atoms with van der Waals surface area (Å²) in [5.41, 5.74) is 1.25. The lowest BCUT2D eigenvalue weighted by Gasteiger charge is -2.14. The number of aryl methyl sites for hydroxylation is 1. The van der Waals surface area contributed by atoms with Crippen molar-refractivity contribution >= 4 is 17.1 Å². The van der Waals surface area contributed by atoms with Gasteiger partial charge in [0, 0.05) is 11.3 Å². The van der Waals surface area contributed by atoms with Gasteiger partial charge in [-0.15, -0.1) is 6.42 Å². The van der Waals surface area contributed by atoms with Gasteiger partial charge in [0.05, 0.1) is 10.9 Å². The van der Waals surface area contributed by atoms with Crippen LogP contribution in [0.25, 0.3) is 10.9 Å². The van der Waals surface area contributed by atoms with Crippen molar-refractivity contribution in [2.45, 2.75) is 20.3 Å². The molecule has 0 atom stereocenters. The minimum atomic E-state index is -1.13. The summed E-state index contributed by atoms with van der Waals surface area (Å²) in [5.74, 6) is -0.185. The Morgan fingerprint density at radius 1 is 1.41 bits per heavy atom. The number of rotatable bonds is 3. The average Bonchev–Trinajstić information content (AvgIpc) is 2.51. The van der Waals surface area contributed by atoms with E-state index in [2.05, 4.69) is 15.6 Å². The molecule has 0 N–H and O–H groups in total. The van der Waals surface area contributed by atoms with Gasteiger partial charge in [0.25, 0.3) is 0 Å². The molecule has 0 amide bonds. The Labute approximate surface area is 126 Å². The van der Waals surface area contributed by atoms with Crippen molar-refractivity contribution < 1.29 is 23.0 Å². The van der Waals surface area contributed by atoms with Crippen LogP contribution < -0.4 is 4.74 Å². The second-order valence-electron chi connectivity index (χ2n) is 4.47. The molecule has 0 unspecified atom stereocenters. The summed E-state index contributed by atoms with van der Waals surface area (Å²) >= 11 is 0. The van der Waals surface area contributed by atoms with E-state index < -0.39 is 17.8 Å². The van der Waals surface area contributed by atoms with E-state index in [1.54, 1.807) is 6.92 Å². The smallest absolute Gasteiger partial charge is 0.421 e. The largest absolute Gasteiger partial charge is 0.514 e. The van der Waals surface area contributed by atoms with Crippen molar-refractivity contribution in [2.24, 2.45) is 0 Å².